The molecule has 1 saturated heterocycles. The van der Waals surface area contributed by atoms with Crippen LogP contribution in [0.1, 0.15) is 36.4 Å². The largest absolute Gasteiger partial charge is 0.343 e. The van der Waals surface area contributed by atoms with Crippen molar-refractivity contribution in [1.82, 2.24) is 19.8 Å². The number of thiazole rings is 1. The Labute approximate surface area is 159 Å². The van der Waals surface area contributed by atoms with Crippen LogP contribution in [0.3, 0.4) is 0 Å². The van der Waals surface area contributed by atoms with E-state index in [1.807, 2.05) is 29.8 Å². The van der Waals surface area contributed by atoms with E-state index in [2.05, 4.69) is 26.8 Å². The molecule has 0 N–H and O–H groups in total. The lowest BCUT2D eigenvalue weighted by Gasteiger charge is -2.34. The van der Waals surface area contributed by atoms with E-state index >= 15 is 0 Å². The molecule has 0 bridgehead atoms. The maximum absolute atomic E-state index is 12.5. The van der Waals surface area contributed by atoms with Crippen molar-refractivity contribution in [3.05, 3.63) is 46.7 Å². The molecule has 3 heterocycles. The summed E-state index contributed by atoms with van der Waals surface area (Å²) in [6.07, 6.45) is 8.51. The van der Waals surface area contributed by atoms with Crippen LogP contribution in [0.15, 0.2) is 36.0 Å². The molecule has 5 nitrogen and oxygen atoms in total. The molecule has 1 atom stereocenters. The molecule has 26 heavy (non-hydrogen) atoms. The van der Waals surface area contributed by atoms with E-state index in [4.69, 9.17) is 0 Å². The van der Waals surface area contributed by atoms with Gasteiger partial charge in [0.2, 0.25) is 5.91 Å². The fraction of sp³-hybridized carbons (Fsp3) is 0.550. The molecule has 1 aliphatic heterocycles. The van der Waals surface area contributed by atoms with Gasteiger partial charge in [-0.3, -0.25) is 14.7 Å². The highest BCUT2D eigenvalue weighted by Gasteiger charge is 2.56. The van der Waals surface area contributed by atoms with E-state index in [1.54, 1.807) is 17.5 Å². The molecule has 2 aliphatic rings. The standard InChI is InChI=1S/C20H26N4OS/c1-23(15-18-22-10-13-26-18)17-14-20(17)7-11-24(12-8-20)19(25)6-5-16-4-2-3-9-21-16/h2-4,9-10,13,17H,5-8,11-12,14-15H2,1H3/t17-/m1/s1. The van der Waals surface area contributed by atoms with Gasteiger partial charge in [-0.1, -0.05) is 6.07 Å². The maximum Gasteiger partial charge on any atom is 0.222 e. The second-order valence-corrected chi connectivity index (χ2v) is 8.60. The summed E-state index contributed by atoms with van der Waals surface area (Å²) in [6, 6.07) is 6.53. The van der Waals surface area contributed by atoms with Crippen molar-refractivity contribution in [2.45, 2.75) is 44.7 Å². The summed E-state index contributed by atoms with van der Waals surface area (Å²) in [6.45, 7) is 2.75. The molecule has 138 valence electrons. The Morgan fingerprint density at radius 1 is 1.31 bits per heavy atom. The maximum atomic E-state index is 12.5. The summed E-state index contributed by atoms with van der Waals surface area (Å²) in [4.78, 5) is 25.7. The zero-order valence-electron chi connectivity index (χ0n) is 15.3. The molecule has 6 heteroatoms. The predicted molar refractivity (Wildman–Crippen MR) is 103 cm³/mol. The van der Waals surface area contributed by atoms with Gasteiger partial charge in [-0.15, -0.1) is 11.3 Å². The number of pyridine rings is 1. The number of carbonyl (C=O) groups excluding carboxylic acids is 1. The Morgan fingerprint density at radius 3 is 2.85 bits per heavy atom. The minimum atomic E-state index is 0.277. The number of hydrogen-bond donors (Lipinski definition) is 0. The average Bonchev–Trinajstić information content (AvgIpc) is 3.11. The third kappa shape index (κ3) is 3.81. The van der Waals surface area contributed by atoms with E-state index in [1.165, 1.54) is 11.4 Å². The first-order valence-electron chi connectivity index (χ1n) is 9.43. The van der Waals surface area contributed by atoms with Crippen molar-refractivity contribution in [3.8, 4) is 0 Å². The number of amides is 1. The number of aryl methyl sites for hydroxylation is 1. The zero-order valence-corrected chi connectivity index (χ0v) is 16.1. The smallest absolute Gasteiger partial charge is 0.222 e. The van der Waals surface area contributed by atoms with Gasteiger partial charge in [-0.25, -0.2) is 4.98 Å². The second-order valence-electron chi connectivity index (χ2n) is 7.63. The van der Waals surface area contributed by atoms with Gasteiger partial charge in [0.1, 0.15) is 5.01 Å². The lowest BCUT2D eigenvalue weighted by Crippen LogP contribution is -2.41. The Balaban J connectivity index is 1.23. The summed E-state index contributed by atoms with van der Waals surface area (Å²) in [5, 5.41) is 3.23. The highest BCUT2D eigenvalue weighted by Crippen LogP contribution is 2.56. The lowest BCUT2D eigenvalue weighted by atomic mass is 9.92. The van der Waals surface area contributed by atoms with Crippen molar-refractivity contribution in [1.29, 1.82) is 0 Å². The monoisotopic (exact) mass is 370 g/mol. The average molecular weight is 371 g/mol. The number of nitrogens with zero attached hydrogens (tertiary/aromatic N) is 4. The van der Waals surface area contributed by atoms with Gasteiger partial charge >= 0.3 is 0 Å². The number of hydrogen-bond acceptors (Lipinski definition) is 5. The fourth-order valence-electron chi connectivity index (χ4n) is 4.28. The van der Waals surface area contributed by atoms with Crippen LogP contribution >= 0.6 is 11.3 Å². The van der Waals surface area contributed by atoms with Gasteiger partial charge in [0, 0.05) is 49.0 Å². The van der Waals surface area contributed by atoms with E-state index < -0.39 is 0 Å². The normalized spacial score (nSPS) is 21.3. The number of carbonyl (C=O) groups is 1. The summed E-state index contributed by atoms with van der Waals surface area (Å²) >= 11 is 1.73. The molecule has 0 radical (unpaired) electrons. The fourth-order valence-corrected chi connectivity index (χ4v) is 4.96. The molecular formula is C20H26N4OS. The molecule has 2 fully saturated rings. The SMILES string of the molecule is CN(Cc1nccs1)[C@@H]1CC12CCN(C(=O)CCc1ccccn1)CC2. The molecule has 0 unspecified atom stereocenters. The zero-order chi connectivity index (χ0) is 18.0. The Bertz CT molecular complexity index is 726. The lowest BCUT2D eigenvalue weighted by molar-refractivity contribution is -0.132. The molecule has 1 saturated carbocycles. The van der Waals surface area contributed by atoms with Gasteiger partial charge in [-0.2, -0.15) is 0 Å². The van der Waals surface area contributed by atoms with E-state index in [-0.39, 0.29) is 5.91 Å². The quantitative estimate of drug-likeness (QED) is 0.784. The molecule has 0 aromatic carbocycles. The molecule has 2 aromatic heterocycles. The Morgan fingerprint density at radius 2 is 2.15 bits per heavy atom. The van der Waals surface area contributed by atoms with Gasteiger partial charge in [0.15, 0.2) is 0 Å². The Kier molecular flexibility index (Phi) is 5.05. The van der Waals surface area contributed by atoms with Crippen molar-refractivity contribution in [2.24, 2.45) is 5.41 Å². The van der Waals surface area contributed by atoms with Crippen LogP contribution in [0, 0.1) is 5.41 Å². The van der Waals surface area contributed by atoms with Crippen molar-refractivity contribution in [2.75, 3.05) is 20.1 Å². The number of likely N-dealkylation sites (tertiary alicyclic amines) is 1. The molecule has 1 aliphatic carbocycles. The highest BCUT2D eigenvalue weighted by atomic mass is 32.1. The Hall–Kier alpha value is -1.79. The first-order chi connectivity index (χ1) is 12.7. The van der Waals surface area contributed by atoms with Gasteiger partial charge in [0.05, 0.1) is 6.54 Å². The van der Waals surface area contributed by atoms with E-state index in [9.17, 15) is 4.79 Å². The summed E-state index contributed by atoms with van der Waals surface area (Å²) in [7, 11) is 2.21. The van der Waals surface area contributed by atoms with E-state index in [0.29, 0.717) is 17.9 Å². The summed E-state index contributed by atoms with van der Waals surface area (Å²) in [5.41, 5.74) is 1.43. The van der Waals surface area contributed by atoms with Gasteiger partial charge in [-0.05, 0) is 50.3 Å². The number of piperidine rings is 1. The minimum Gasteiger partial charge on any atom is -0.343 e. The summed E-state index contributed by atoms with van der Waals surface area (Å²) in [5.74, 6) is 0.277. The minimum absolute atomic E-state index is 0.277. The third-order valence-corrected chi connectivity index (χ3v) is 6.74. The van der Waals surface area contributed by atoms with Crippen LogP contribution in [-0.2, 0) is 17.8 Å². The first-order valence-corrected chi connectivity index (χ1v) is 10.3. The molecule has 4 rings (SSSR count). The predicted octanol–water partition coefficient (Wildman–Crippen LogP) is 2.98. The van der Waals surface area contributed by atoms with Gasteiger partial charge < -0.3 is 4.90 Å². The second kappa shape index (κ2) is 7.45. The number of aromatic nitrogens is 2. The van der Waals surface area contributed by atoms with Crippen LogP contribution < -0.4 is 0 Å². The molecular weight excluding hydrogens is 344 g/mol. The topological polar surface area (TPSA) is 49.3 Å². The van der Waals surface area contributed by atoms with Crippen LogP contribution in [0.4, 0.5) is 0 Å². The van der Waals surface area contributed by atoms with E-state index in [0.717, 1.165) is 44.6 Å². The van der Waals surface area contributed by atoms with Crippen LogP contribution in [0.5, 0.6) is 0 Å². The van der Waals surface area contributed by atoms with Crippen molar-refractivity contribution < 1.29 is 4.79 Å². The van der Waals surface area contributed by atoms with Crippen molar-refractivity contribution >= 4 is 17.2 Å². The van der Waals surface area contributed by atoms with Crippen LogP contribution in [0.2, 0.25) is 0 Å². The molecule has 1 spiro atoms. The molecule has 1 amide bonds. The summed E-state index contributed by atoms with van der Waals surface area (Å²) < 4.78 is 0. The third-order valence-electron chi connectivity index (χ3n) is 5.98. The number of rotatable bonds is 6. The highest BCUT2D eigenvalue weighted by molar-refractivity contribution is 7.09. The van der Waals surface area contributed by atoms with Crippen LogP contribution in [-0.4, -0.2) is 51.9 Å². The molecule has 2 aromatic rings. The first kappa shape index (κ1) is 17.6. The van der Waals surface area contributed by atoms with Crippen molar-refractivity contribution in [3.63, 3.8) is 0 Å². The van der Waals surface area contributed by atoms with Crippen LogP contribution in [0.25, 0.3) is 0 Å². The van der Waals surface area contributed by atoms with Gasteiger partial charge in [0.25, 0.3) is 0 Å².